The van der Waals surface area contributed by atoms with Crippen molar-refractivity contribution < 1.29 is 12.8 Å². The van der Waals surface area contributed by atoms with E-state index in [1.807, 2.05) is 13.0 Å². The van der Waals surface area contributed by atoms with Crippen molar-refractivity contribution >= 4 is 15.7 Å². The van der Waals surface area contributed by atoms with Crippen LogP contribution in [0.1, 0.15) is 29.7 Å². The first kappa shape index (κ1) is 19.1. The number of halogens is 1. The molecule has 3 aromatic rings. The Kier molecular flexibility index (Phi) is 5.33. The maximum Gasteiger partial charge on any atom is 0.265 e. The standard InChI is InChI=1S/C22H22FNO2S/c1-16-9-8-11-19(15-16)24(18(3)20-12-5-6-13-21(20)23)27(25,26)22-14-7-4-10-17(22)2/h4-15,18H,1-3H3/t18-/m1/s1. The van der Waals surface area contributed by atoms with Gasteiger partial charge in [-0.05, 0) is 56.2 Å². The van der Waals surface area contributed by atoms with Crippen LogP contribution in [0.25, 0.3) is 0 Å². The lowest BCUT2D eigenvalue weighted by molar-refractivity contribution is 0.569. The van der Waals surface area contributed by atoms with Crippen molar-refractivity contribution in [2.75, 3.05) is 4.31 Å². The van der Waals surface area contributed by atoms with Gasteiger partial charge in [-0.25, -0.2) is 12.8 Å². The first-order chi connectivity index (χ1) is 12.8. The van der Waals surface area contributed by atoms with Crippen molar-refractivity contribution in [1.29, 1.82) is 0 Å². The van der Waals surface area contributed by atoms with E-state index in [0.717, 1.165) is 5.56 Å². The van der Waals surface area contributed by atoms with E-state index in [4.69, 9.17) is 0 Å². The number of hydrogen-bond donors (Lipinski definition) is 0. The first-order valence-electron chi connectivity index (χ1n) is 8.73. The van der Waals surface area contributed by atoms with Gasteiger partial charge in [-0.15, -0.1) is 0 Å². The molecule has 3 nitrogen and oxygen atoms in total. The summed E-state index contributed by atoms with van der Waals surface area (Å²) < 4.78 is 42.9. The third-order valence-corrected chi connectivity index (χ3v) is 6.65. The second-order valence-electron chi connectivity index (χ2n) is 6.60. The molecule has 0 unspecified atom stereocenters. The molecular weight excluding hydrogens is 361 g/mol. The first-order valence-corrected chi connectivity index (χ1v) is 10.2. The summed E-state index contributed by atoms with van der Waals surface area (Å²) in [6.07, 6.45) is 0. The highest BCUT2D eigenvalue weighted by Gasteiger charge is 2.32. The number of sulfonamides is 1. The Hall–Kier alpha value is -2.66. The molecule has 0 aliphatic carbocycles. The molecular formula is C22H22FNO2S. The highest BCUT2D eigenvalue weighted by Crippen LogP contribution is 2.35. The normalized spacial score (nSPS) is 12.6. The minimum absolute atomic E-state index is 0.217. The van der Waals surface area contributed by atoms with Crippen LogP contribution in [-0.4, -0.2) is 8.42 Å². The van der Waals surface area contributed by atoms with E-state index >= 15 is 0 Å². The zero-order chi connectivity index (χ0) is 19.6. The molecule has 0 radical (unpaired) electrons. The molecule has 0 spiro atoms. The third-order valence-electron chi connectivity index (χ3n) is 4.59. The van der Waals surface area contributed by atoms with Gasteiger partial charge >= 0.3 is 0 Å². The van der Waals surface area contributed by atoms with E-state index in [-0.39, 0.29) is 4.90 Å². The van der Waals surface area contributed by atoms with Crippen LogP contribution >= 0.6 is 0 Å². The van der Waals surface area contributed by atoms with Gasteiger partial charge in [-0.1, -0.05) is 48.5 Å². The zero-order valence-corrected chi connectivity index (χ0v) is 16.4. The summed E-state index contributed by atoms with van der Waals surface area (Å²) in [4.78, 5) is 0.217. The van der Waals surface area contributed by atoms with Gasteiger partial charge in [0, 0.05) is 5.56 Å². The molecule has 0 bridgehead atoms. The molecule has 1 atom stereocenters. The summed E-state index contributed by atoms with van der Waals surface area (Å²) in [5, 5.41) is 0. The fourth-order valence-corrected chi connectivity index (χ4v) is 5.09. The molecule has 3 aromatic carbocycles. The molecule has 27 heavy (non-hydrogen) atoms. The molecule has 0 aliphatic heterocycles. The summed E-state index contributed by atoms with van der Waals surface area (Å²) in [7, 11) is -3.90. The summed E-state index contributed by atoms with van der Waals surface area (Å²) in [6, 6.07) is 19.6. The molecule has 140 valence electrons. The summed E-state index contributed by atoms with van der Waals surface area (Å²) >= 11 is 0. The van der Waals surface area contributed by atoms with Gasteiger partial charge in [0.05, 0.1) is 16.6 Å². The summed E-state index contributed by atoms with van der Waals surface area (Å²) in [5.41, 5.74) is 2.42. The molecule has 0 saturated heterocycles. The highest BCUT2D eigenvalue weighted by molar-refractivity contribution is 7.92. The number of aryl methyl sites for hydroxylation is 2. The van der Waals surface area contributed by atoms with Crippen molar-refractivity contribution in [3.63, 3.8) is 0 Å². The largest absolute Gasteiger partial charge is 0.265 e. The molecule has 0 heterocycles. The van der Waals surface area contributed by atoms with Crippen molar-refractivity contribution in [3.05, 3.63) is 95.3 Å². The minimum atomic E-state index is -3.90. The maximum absolute atomic E-state index is 14.4. The predicted molar refractivity (Wildman–Crippen MR) is 107 cm³/mol. The molecule has 0 amide bonds. The van der Waals surface area contributed by atoms with Gasteiger partial charge in [0.15, 0.2) is 0 Å². The lowest BCUT2D eigenvalue weighted by Gasteiger charge is -2.31. The average Bonchev–Trinajstić information content (AvgIpc) is 2.62. The average molecular weight is 383 g/mol. The van der Waals surface area contributed by atoms with E-state index < -0.39 is 21.9 Å². The van der Waals surface area contributed by atoms with Crippen molar-refractivity contribution in [3.8, 4) is 0 Å². The number of nitrogens with zero attached hydrogens (tertiary/aromatic N) is 1. The Bertz CT molecular complexity index is 1060. The number of benzene rings is 3. The van der Waals surface area contributed by atoms with Crippen LogP contribution in [0.2, 0.25) is 0 Å². The molecule has 0 aliphatic rings. The Labute approximate surface area is 160 Å². The van der Waals surface area contributed by atoms with E-state index in [0.29, 0.717) is 16.8 Å². The summed E-state index contributed by atoms with van der Waals surface area (Å²) in [6.45, 7) is 5.36. The Balaban J connectivity index is 2.22. The Morgan fingerprint density at radius 1 is 0.889 bits per heavy atom. The van der Waals surface area contributed by atoms with Crippen molar-refractivity contribution in [2.24, 2.45) is 0 Å². The Morgan fingerprint density at radius 3 is 2.22 bits per heavy atom. The smallest absolute Gasteiger partial charge is 0.259 e. The predicted octanol–water partition coefficient (Wildman–Crippen LogP) is 5.40. The lowest BCUT2D eigenvalue weighted by Crippen LogP contribution is -2.34. The second kappa shape index (κ2) is 7.53. The van der Waals surface area contributed by atoms with Gasteiger partial charge in [0.25, 0.3) is 10.0 Å². The number of hydrogen-bond acceptors (Lipinski definition) is 2. The van der Waals surface area contributed by atoms with Gasteiger partial charge in [-0.2, -0.15) is 0 Å². The van der Waals surface area contributed by atoms with E-state index in [1.54, 1.807) is 74.5 Å². The van der Waals surface area contributed by atoms with Gasteiger partial charge in [0.1, 0.15) is 5.82 Å². The summed E-state index contributed by atoms with van der Waals surface area (Å²) in [5.74, 6) is -0.428. The second-order valence-corrected chi connectivity index (χ2v) is 8.39. The quantitative estimate of drug-likeness (QED) is 0.592. The van der Waals surface area contributed by atoms with Crippen molar-refractivity contribution in [2.45, 2.75) is 31.7 Å². The topological polar surface area (TPSA) is 37.4 Å². The van der Waals surface area contributed by atoms with Gasteiger partial charge in [-0.3, -0.25) is 4.31 Å². The fourth-order valence-electron chi connectivity index (χ4n) is 3.23. The third kappa shape index (κ3) is 3.74. The SMILES string of the molecule is Cc1cccc(N([C@H](C)c2ccccc2F)S(=O)(=O)c2ccccc2C)c1. The molecule has 0 fully saturated rings. The monoisotopic (exact) mass is 383 g/mol. The van der Waals surface area contributed by atoms with Crippen LogP contribution in [0.15, 0.2) is 77.7 Å². The zero-order valence-electron chi connectivity index (χ0n) is 15.6. The van der Waals surface area contributed by atoms with Crippen LogP contribution in [0.3, 0.4) is 0 Å². The van der Waals surface area contributed by atoms with Crippen LogP contribution < -0.4 is 4.31 Å². The molecule has 0 aromatic heterocycles. The van der Waals surface area contributed by atoms with E-state index in [2.05, 4.69) is 0 Å². The minimum Gasteiger partial charge on any atom is -0.259 e. The number of rotatable bonds is 5. The van der Waals surface area contributed by atoms with Crippen LogP contribution in [0.4, 0.5) is 10.1 Å². The molecule has 0 N–H and O–H groups in total. The van der Waals surface area contributed by atoms with Crippen molar-refractivity contribution in [1.82, 2.24) is 0 Å². The Morgan fingerprint density at radius 2 is 1.56 bits per heavy atom. The fraction of sp³-hybridized carbons (Fsp3) is 0.182. The maximum atomic E-state index is 14.4. The van der Waals surface area contributed by atoms with Gasteiger partial charge < -0.3 is 0 Å². The van der Waals surface area contributed by atoms with Gasteiger partial charge in [0.2, 0.25) is 0 Å². The van der Waals surface area contributed by atoms with Crippen LogP contribution in [0, 0.1) is 19.7 Å². The van der Waals surface area contributed by atoms with E-state index in [9.17, 15) is 12.8 Å². The lowest BCUT2D eigenvalue weighted by atomic mass is 10.1. The number of anilines is 1. The highest BCUT2D eigenvalue weighted by atomic mass is 32.2. The van der Waals surface area contributed by atoms with Crippen LogP contribution in [0.5, 0.6) is 0 Å². The van der Waals surface area contributed by atoms with Crippen LogP contribution in [-0.2, 0) is 10.0 Å². The molecule has 3 rings (SSSR count). The molecule has 5 heteroatoms. The van der Waals surface area contributed by atoms with E-state index in [1.165, 1.54) is 10.4 Å². The molecule has 0 saturated carbocycles.